The van der Waals surface area contributed by atoms with Crippen LogP contribution in [0, 0.1) is 6.92 Å². The van der Waals surface area contributed by atoms with Crippen molar-refractivity contribution in [1.29, 1.82) is 0 Å². The largest absolute Gasteiger partial charge is 0.378 e. The molecule has 2 rings (SSSR count). The van der Waals surface area contributed by atoms with Crippen molar-refractivity contribution in [3.05, 3.63) is 23.8 Å². The third kappa shape index (κ3) is 3.79. The van der Waals surface area contributed by atoms with Gasteiger partial charge in [-0.2, -0.15) is 0 Å². The topological polar surface area (TPSA) is 79.5 Å². The van der Waals surface area contributed by atoms with Gasteiger partial charge in [-0.05, 0) is 24.6 Å². The fourth-order valence-electron chi connectivity index (χ4n) is 1.99. The molecule has 2 amide bonds. The van der Waals surface area contributed by atoms with Crippen LogP contribution in [-0.2, 0) is 14.3 Å². The molecule has 1 aliphatic rings. The minimum atomic E-state index is -0.339. The van der Waals surface area contributed by atoms with Gasteiger partial charge in [0.25, 0.3) is 0 Å². The van der Waals surface area contributed by atoms with E-state index in [0.717, 1.165) is 5.56 Å². The summed E-state index contributed by atoms with van der Waals surface area (Å²) in [5, 5.41) is 8.65. The monoisotopic (exact) mass is 277 g/mol. The Bertz CT molecular complexity index is 510. The number of aryl methyl sites for hydroxylation is 1. The van der Waals surface area contributed by atoms with Crippen LogP contribution in [0.15, 0.2) is 18.2 Å². The molecule has 1 aromatic carbocycles. The Balaban J connectivity index is 2.05. The van der Waals surface area contributed by atoms with Gasteiger partial charge >= 0.3 is 0 Å². The summed E-state index contributed by atoms with van der Waals surface area (Å²) >= 11 is 0. The maximum atomic E-state index is 12.0. The molecular formula is C14H19N3O3. The molecule has 1 fully saturated rings. The zero-order valence-corrected chi connectivity index (χ0v) is 11.7. The van der Waals surface area contributed by atoms with E-state index in [-0.39, 0.29) is 17.9 Å². The summed E-state index contributed by atoms with van der Waals surface area (Å²) < 4.78 is 5.26. The van der Waals surface area contributed by atoms with E-state index < -0.39 is 0 Å². The fourth-order valence-corrected chi connectivity index (χ4v) is 1.99. The van der Waals surface area contributed by atoms with Crippen molar-refractivity contribution >= 4 is 23.2 Å². The Kier molecular flexibility index (Phi) is 4.70. The van der Waals surface area contributed by atoms with E-state index in [1.54, 1.807) is 6.07 Å². The summed E-state index contributed by atoms with van der Waals surface area (Å²) in [6.07, 6.45) is 0. The first-order valence-corrected chi connectivity index (χ1v) is 6.56. The number of morpholine rings is 1. The Labute approximate surface area is 117 Å². The number of anilines is 2. The minimum absolute atomic E-state index is 0.137. The van der Waals surface area contributed by atoms with Crippen molar-refractivity contribution < 1.29 is 14.3 Å². The highest BCUT2D eigenvalue weighted by Gasteiger charge is 2.21. The molecule has 0 bridgehead atoms. The lowest BCUT2D eigenvalue weighted by atomic mass is 10.1. The smallest absolute Gasteiger partial charge is 0.243 e. The molecule has 0 aliphatic carbocycles. The number of nitrogens with one attached hydrogen (secondary N) is 3. The summed E-state index contributed by atoms with van der Waals surface area (Å²) in [5.41, 5.74) is 2.29. The quantitative estimate of drug-likeness (QED) is 0.766. The van der Waals surface area contributed by atoms with Crippen molar-refractivity contribution in [2.45, 2.75) is 19.9 Å². The second-order valence-electron chi connectivity index (χ2n) is 4.78. The number of hydrogen-bond acceptors (Lipinski definition) is 4. The highest BCUT2D eigenvalue weighted by Crippen LogP contribution is 2.20. The molecule has 1 heterocycles. The minimum Gasteiger partial charge on any atom is -0.378 e. The summed E-state index contributed by atoms with van der Waals surface area (Å²) in [7, 11) is 0. The molecule has 6 nitrogen and oxygen atoms in total. The highest BCUT2D eigenvalue weighted by atomic mass is 16.5. The lowest BCUT2D eigenvalue weighted by molar-refractivity contribution is -0.120. The van der Waals surface area contributed by atoms with Crippen LogP contribution in [0.25, 0.3) is 0 Å². The molecule has 3 N–H and O–H groups in total. The number of benzene rings is 1. The van der Waals surface area contributed by atoms with Crippen LogP contribution in [0.1, 0.15) is 12.5 Å². The van der Waals surface area contributed by atoms with Crippen molar-refractivity contribution in [1.82, 2.24) is 5.32 Å². The Morgan fingerprint density at radius 1 is 1.35 bits per heavy atom. The SMILES string of the molecule is CC(=O)Nc1cc(NC(=O)C2COCCN2)ccc1C. The van der Waals surface area contributed by atoms with Gasteiger partial charge in [-0.1, -0.05) is 6.07 Å². The lowest BCUT2D eigenvalue weighted by Gasteiger charge is -2.23. The molecule has 1 aromatic rings. The van der Waals surface area contributed by atoms with Gasteiger partial charge in [-0.25, -0.2) is 0 Å². The van der Waals surface area contributed by atoms with Crippen molar-refractivity contribution in [2.75, 3.05) is 30.4 Å². The maximum absolute atomic E-state index is 12.0. The van der Waals surface area contributed by atoms with E-state index in [1.165, 1.54) is 6.92 Å². The first-order chi connectivity index (χ1) is 9.56. The van der Waals surface area contributed by atoms with Crippen LogP contribution in [0.5, 0.6) is 0 Å². The highest BCUT2D eigenvalue weighted by molar-refractivity contribution is 5.96. The van der Waals surface area contributed by atoms with Gasteiger partial charge in [0.05, 0.1) is 13.2 Å². The average molecular weight is 277 g/mol. The first kappa shape index (κ1) is 14.5. The van der Waals surface area contributed by atoms with Crippen molar-refractivity contribution in [3.8, 4) is 0 Å². The summed E-state index contributed by atoms with van der Waals surface area (Å²) in [6.45, 7) is 5.02. The molecule has 20 heavy (non-hydrogen) atoms. The number of carbonyl (C=O) groups is 2. The second kappa shape index (κ2) is 6.49. The Morgan fingerprint density at radius 3 is 2.80 bits per heavy atom. The Morgan fingerprint density at radius 2 is 2.15 bits per heavy atom. The molecule has 1 aliphatic heterocycles. The van der Waals surface area contributed by atoms with Crippen LogP contribution >= 0.6 is 0 Å². The van der Waals surface area contributed by atoms with Gasteiger partial charge in [0.1, 0.15) is 6.04 Å². The summed E-state index contributed by atoms with van der Waals surface area (Å²) in [4.78, 5) is 23.2. The summed E-state index contributed by atoms with van der Waals surface area (Å²) in [5.74, 6) is -0.277. The zero-order chi connectivity index (χ0) is 14.5. The molecule has 1 saturated heterocycles. The number of rotatable bonds is 3. The molecular weight excluding hydrogens is 258 g/mol. The third-order valence-electron chi connectivity index (χ3n) is 3.05. The molecule has 0 saturated carbocycles. The normalized spacial score (nSPS) is 18.4. The van der Waals surface area contributed by atoms with E-state index in [1.807, 2.05) is 19.1 Å². The molecule has 108 valence electrons. The van der Waals surface area contributed by atoms with Gasteiger partial charge in [0.15, 0.2) is 0 Å². The van der Waals surface area contributed by atoms with Gasteiger partial charge < -0.3 is 20.7 Å². The van der Waals surface area contributed by atoms with Crippen LogP contribution < -0.4 is 16.0 Å². The first-order valence-electron chi connectivity index (χ1n) is 6.56. The predicted molar refractivity (Wildman–Crippen MR) is 76.7 cm³/mol. The van der Waals surface area contributed by atoms with E-state index in [9.17, 15) is 9.59 Å². The van der Waals surface area contributed by atoms with E-state index in [4.69, 9.17) is 4.74 Å². The van der Waals surface area contributed by atoms with Gasteiger partial charge in [-0.3, -0.25) is 9.59 Å². The lowest BCUT2D eigenvalue weighted by Crippen LogP contribution is -2.48. The van der Waals surface area contributed by atoms with Gasteiger partial charge in [-0.15, -0.1) is 0 Å². The predicted octanol–water partition coefficient (Wildman–Crippen LogP) is 0.880. The van der Waals surface area contributed by atoms with E-state index in [0.29, 0.717) is 31.1 Å². The van der Waals surface area contributed by atoms with Crippen LogP contribution in [0.4, 0.5) is 11.4 Å². The average Bonchev–Trinajstić information content (AvgIpc) is 2.43. The molecule has 0 spiro atoms. The third-order valence-corrected chi connectivity index (χ3v) is 3.05. The summed E-state index contributed by atoms with van der Waals surface area (Å²) in [6, 6.07) is 5.07. The number of carbonyl (C=O) groups excluding carboxylic acids is 2. The number of amides is 2. The van der Waals surface area contributed by atoms with Crippen LogP contribution in [-0.4, -0.2) is 37.6 Å². The number of hydrogen-bond donors (Lipinski definition) is 3. The molecule has 1 atom stereocenters. The standard InChI is InChI=1S/C14H19N3O3/c1-9-3-4-11(7-12(9)16-10(2)18)17-14(19)13-8-20-6-5-15-13/h3-4,7,13,15H,5-6,8H2,1-2H3,(H,16,18)(H,17,19). The molecule has 0 aromatic heterocycles. The molecule has 1 unspecified atom stereocenters. The fraction of sp³-hybridized carbons (Fsp3) is 0.429. The maximum Gasteiger partial charge on any atom is 0.243 e. The Hall–Kier alpha value is -1.92. The van der Waals surface area contributed by atoms with Crippen molar-refractivity contribution in [2.24, 2.45) is 0 Å². The van der Waals surface area contributed by atoms with Gasteiger partial charge in [0.2, 0.25) is 11.8 Å². The van der Waals surface area contributed by atoms with Crippen LogP contribution in [0.2, 0.25) is 0 Å². The molecule has 0 radical (unpaired) electrons. The van der Waals surface area contributed by atoms with E-state index in [2.05, 4.69) is 16.0 Å². The second-order valence-corrected chi connectivity index (χ2v) is 4.78. The van der Waals surface area contributed by atoms with Crippen molar-refractivity contribution in [3.63, 3.8) is 0 Å². The van der Waals surface area contributed by atoms with E-state index >= 15 is 0 Å². The molecule has 6 heteroatoms. The van der Waals surface area contributed by atoms with Crippen LogP contribution in [0.3, 0.4) is 0 Å². The number of ether oxygens (including phenoxy) is 1. The van der Waals surface area contributed by atoms with Gasteiger partial charge in [0, 0.05) is 24.8 Å². The zero-order valence-electron chi connectivity index (χ0n) is 11.7.